The molecule has 0 saturated carbocycles. The number of carbonyl (C=O) groups excluding carboxylic acids is 3. The predicted molar refractivity (Wildman–Crippen MR) is 106 cm³/mol. The number of anilines is 1. The summed E-state index contributed by atoms with van der Waals surface area (Å²) in [6, 6.07) is 9.07. The lowest BCUT2D eigenvalue weighted by molar-refractivity contribution is -0.119. The molecule has 0 atom stereocenters. The molecule has 0 bridgehead atoms. The van der Waals surface area contributed by atoms with E-state index in [0.717, 1.165) is 0 Å². The first-order valence-electron chi connectivity index (χ1n) is 8.55. The van der Waals surface area contributed by atoms with E-state index in [1.165, 1.54) is 38.5 Å². The fraction of sp³-hybridized carbons (Fsp3) is 0.250. The molecule has 2 rings (SSSR count). The summed E-state index contributed by atoms with van der Waals surface area (Å²) in [6.45, 7) is 1.59. The van der Waals surface area contributed by atoms with Gasteiger partial charge in [0.1, 0.15) is 0 Å². The highest BCUT2D eigenvalue weighted by Crippen LogP contribution is 2.36. The third-order valence-electron chi connectivity index (χ3n) is 3.69. The molecule has 1 amide bonds. The largest absolute Gasteiger partial charge is 0.493 e. The summed E-state index contributed by atoms with van der Waals surface area (Å²) in [5.41, 5.74) is 0.516. The van der Waals surface area contributed by atoms with Crippen LogP contribution in [0, 0.1) is 0 Å². The number of para-hydroxylation sites is 1. The highest BCUT2D eigenvalue weighted by molar-refractivity contribution is 6.32. The molecule has 8 nitrogen and oxygen atoms in total. The average molecular weight is 422 g/mol. The Bertz CT molecular complexity index is 914. The third-order valence-corrected chi connectivity index (χ3v) is 3.98. The normalized spacial score (nSPS) is 10.1. The molecule has 0 fully saturated rings. The van der Waals surface area contributed by atoms with Crippen molar-refractivity contribution in [3.8, 4) is 11.5 Å². The van der Waals surface area contributed by atoms with E-state index >= 15 is 0 Å². The summed E-state index contributed by atoms with van der Waals surface area (Å²) >= 11 is 6.13. The molecule has 0 aliphatic heterocycles. The van der Waals surface area contributed by atoms with Crippen LogP contribution in [0.25, 0.3) is 0 Å². The lowest BCUT2D eigenvalue weighted by Crippen LogP contribution is -2.22. The number of carbonyl (C=O) groups is 3. The van der Waals surface area contributed by atoms with Gasteiger partial charge in [-0.25, -0.2) is 9.59 Å². The minimum Gasteiger partial charge on any atom is -0.493 e. The van der Waals surface area contributed by atoms with Gasteiger partial charge in [0.05, 0.1) is 42.7 Å². The molecular formula is C20H20ClNO7. The third kappa shape index (κ3) is 5.61. The van der Waals surface area contributed by atoms with Gasteiger partial charge in [0.25, 0.3) is 5.91 Å². The zero-order valence-electron chi connectivity index (χ0n) is 16.1. The minimum atomic E-state index is -0.773. The van der Waals surface area contributed by atoms with E-state index in [2.05, 4.69) is 10.1 Å². The van der Waals surface area contributed by atoms with E-state index < -0.39 is 24.5 Å². The molecule has 1 N–H and O–H groups in total. The number of esters is 2. The van der Waals surface area contributed by atoms with Crippen molar-refractivity contribution in [2.45, 2.75) is 6.92 Å². The van der Waals surface area contributed by atoms with Crippen molar-refractivity contribution in [3.05, 3.63) is 52.5 Å². The van der Waals surface area contributed by atoms with Crippen LogP contribution in [0.3, 0.4) is 0 Å². The van der Waals surface area contributed by atoms with Crippen LogP contribution in [0.4, 0.5) is 5.69 Å². The Morgan fingerprint density at radius 3 is 2.45 bits per heavy atom. The molecule has 0 aliphatic rings. The van der Waals surface area contributed by atoms with Gasteiger partial charge in [-0.3, -0.25) is 4.79 Å². The lowest BCUT2D eigenvalue weighted by atomic mass is 10.2. The smallest absolute Gasteiger partial charge is 0.339 e. The zero-order valence-corrected chi connectivity index (χ0v) is 16.9. The van der Waals surface area contributed by atoms with Crippen LogP contribution in [-0.4, -0.2) is 45.3 Å². The summed E-state index contributed by atoms with van der Waals surface area (Å²) in [7, 11) is 2.65. The first kappa shape index (κ1) is 22.0. The molecule has 0 radical (unpaired) electrons. The first-order chi connectivity index (χ1) is 13.9. The van der Waals surface area contributed by atoms with Crippen molar-refractivity contribution in [3.63, 3.8) is 0 Å². The quantitative estimate of drug-likeness (QED) is 0.652. The summed E-state index contributed by atoms with van der Waals surface area (Å²) < 4.78 is 20.3. The lowest BCUT2D eigenvalue weighted by Gasteiger charge is -2.13. The maximum atomic E-state index is 12.3. The number of methoxy groups -OCH3 is 2. The van der Waals surface area contributed by atoms with Crippen molar-refractivity contribution in [2.24, 2.45) is 0 Å². The van der Waals surface area contributed by atoms with Crippen LogP contribution in [0.15, 0.2) is 36.4 Å². The molecular weight excluding hydrogens is 402 g/mol. The van der Waals surface area contributed by atoms with E-state index in [9.17, 15) is 14.4 Å². The molecule has 29 heavy (non-hydrogen) atoms. The second-order valence-corrected chi connectivity index (χ2v) is 5.99. The molecule has 0 spiro atoms. The van der Waals surface area contributed by atoms with Crippen molar-refractivity contribution >= 4 is 35.1 Å². The number of ether oxygens (including phenoxy) is 4. The number of hydrogen-bond acceptors (Lipinski definition) is 7. The predicted octanol–water partition coefficient (Wildman–Crippen LogP) is 3.33. The Morgan fingerprint density at radius 2 is 1.79 bits per heavy atom. The number of hydrogen-bond donors (Lipinski definition) is 1. The van der Waals surface area contributed by atoms with E-state index in [4.69, 9.17) is 25.8 Å². The highest BCUT2D eigenvalue weighted by atomic mass is 35.5. The van der Waals surface area contributed by atoms with Gasteiger partial charge >= 0.3 is 11.9 Å². The monoisotopic (exact) mass is 421 g/mol. The first-order valence-corrected chi connectivity index (χ1v) is 8.93. The van der Waals surface area contributed by atoms with Crippen molar-refractivity contribution in [1.29, 1.82) is 0 Å². The standard InChI is InChI=1S/C20H20ClNO7/c1-4-28-18-14(21)9-12(10-16(18)26-2)19(24)29-11-17(23)22-15-8-6-5-7-13(15)20(25)27-3/h5-10H,4,11H2,1-3H3,(H,22,23). The number of benzene rings is 2. The van der Waals surface area contributed by atoms with Gasteiger partial charge in [0.15, 0.2) is 18.1 Å². The van der Waals surface area contributed by atoms with E-state index in [0.29, 0.717) is 12.4 Å². The number of halogens is 1. The van der Waals surface area contributed by atoms with Crippen molar-refractivity contribution < 1.29 is 33.3 Å². The van der Waals surface area contributed by atoms with Crippen LogP contribution in [0.2, 0.25) is 5.02 Å². The van der Waals surface area contributed by atoms with Crippen molar-refractivity contribution in [1.82, 2.24) is 0 Å². The summed E-state index contributed by atoms with van der Waals surface area (Å²) in [5.74, 6) is -1.43. The molecule has 0 aromatic heterocycles. The van der Waals surface area contributed by atoms with Gasteiger partial charge in [-0.2, -0.15) is 0 Å². The van der Waals surface area contributed by atoms with Crippen LogP contribution < -0.4 is 14.8 Å². The van der Waals surface area contributed by atoms with Gasteiger partial charge in [0, 0.05) is 0 Å². The highest BCUT2D eigenvalue weighted by Gasteiger charge is 2.18. The minimum absolute atomic E-state index is 0.0954. The molecule has 0 heterocycles. The van der Waals surface area contributed by atoms with Gasteiger partial charge in [-0.15, -0.1) is 0 Å². The Hall–Kier alpha value is -3.26. The fourth-order valence-electron chi connectivity index (χ4n) is 2.40. The Labute approximate surface area is 172 Å². The number of rotatable bonds is 8. The number of amides is 1. The molecule has 154 valence electrons. The average Bonchev–Trinajstić information content (AvgIpc) is 2.73. The molecule has 0 saturated heterocycles. The van der Waals surface area contributed by atoms with Crippen LogP contribution >= 0.6 is 11.6 Å². The van der Waals surface area contributed by atoms with E-state index in [-0.39, 0.29) is 27.6 Å². The maximum Gasteiger partial charge on any atom is 0.339 e. The molecule has 9 heteroatoms. The van der Waals surface area contributed by atoms with E-state index in [1.807, 2.05) is 0 Å². The SMILES string of the molecule is CCOc1c(Cl)cc(C(=O)OCC(=O)Nc2ccccc2C(=O)OC)cc1OC. The van der Waals surface area contributed by atoms with Gasteiger partial charge < -0.3 is 24.3 Å². The molecule has 0 unspecified atom stereocenters. The summed E-state index contributed by atoms with van der Waals surface area (Å²) in [5, 5.41) is 2.68. The summed E-state index contributed by atoms with van der Waals surface area (Å²) in [6.07, 6.45) is 0. The second kappa shape index (κ2) is 10.3. The Morgan fingerprint density at radius 1 is 1.07 bits per heavy atom. The Kier molecular flexibility index (Phi) is 7.85. The molecule has 2 aromatic rings. The molecule has 0 aliphatic carbocycles. The van der Waals surface area contributed by atoms with Crippen molar-refractivity contribution in [2.75, 3.05) is 32.8 Å². The van der Waals surface area contributed by atoms with Crippen LogP contribution in [0.1, 0.15) is 27.6 Å². The van der Waals surface area contributed by atoms with E-state index in [1.54, 1.807) is 19.1 Å². The van der Waals surface area contributed by atoms with Crippen LogP contribution in [-0.2, 0) is 14.3 Å². The maximum absolute atomic E-state index is 12.3. The van der Waals surface area contributed by atoms with Gasteiger partial charge in [0.2, 0.25) is 0 Å². The summed E-state index contributed by atoms with van der Waals surface area (Å²) in [4.78, 5) is 36.2. The number of nitrogens with one attached hydrogen (secondary N) is 1. The topological polar surface area (TPSA) is 100 Å². The fourth-order valence-corrected chi connectivity index (χ4v) is 2.67. The second-order valence-electron chi connectivity index (χ2n) is 5.58. The van der Waals surface area contributed by atoms with Crippen LogP contribution in [0.5, 0.6) is 11.5 Å². The molecule has 2 aromatic carbocycles. The Balaban J connectivity index is 2.05. The van der Waals surface area contributed by atoms with Gasteiger partial charge in [-0.1, -0.05) is 23.7 Å². The van der Waals surface area contributed by atoms with Gasteiger partial charge in [-0.05, 0) is 31.2 Å². The zero-order chi connectivity index (χ0) is 21.4.